The number of nitrogens with one attached hydrogen (secondary N) is 1. The third-order valence-electron chi connectivity index (χ3n) is 2.77. The van der Waals surface area contributed by atoms with Crippen LogP contribution in [0.3, 0.4) is 0 Å². The highest BCUT2D eigenvalue weighted by atomic mass is 19.4. The molecule has 0 radical (unpaired) electrons. The second-order valence-corrected chi connectivity index (χ2v) is 4.37. The predicted molar refractivity (Wildman–Crippen MR) is 69.9 cm³/mol. The predicted octanol–water partition coefficient (Wildman–Crippen LogP) is 2.02. The highest BCUT2D eigenvalue weighted by Gasteiger charge is 2.30. The van der Waals surface area contributed by atoms with Gasteiger partial charge in [-0.1, -0.05) is 11.3 Å². The van der Waals surface area contributed by atoms with Gasteiger partial charge in [-0.15, -0.1) is 5.10 Å². The second-order valence-electron chi connectivity index (χ2n) is 4.37. The summed E-state index contributed by atoms with van der Waals surface area (Å²) in [7, 11) is 1.60. The Morgan fingerprint density at radius 2 is 2.14 bits per heavy atom. The van der Waals surface area contributed by atoms with Crippen molar-refractivity contribution in [3.05, 3.63) is 41.7 Å². The van der Waals surface area contributed by atoms with Crippen molar-refractivity contribution in [2.75, 3.05) is 20.3 Å². The minimum atomic E-state index is -4.37. The summed E-state index contributed by atoms with van der Waals surface area (Å²) in [5.74, 6) is 0. The van der Waals surface area contributed by atoms with Gasteiger partial charge in [-0.25, -0.2) is 4.68 Å². The van der Waals surface area contributed by atoms with Crippen LogP contribution in [0.2, 0.25) is 0 Å². The summed E-state index contributed by atoms with van der Waals surface area (Å²) in [6.45, 7) is 1.71. The molecule has 1 heterocycles. The van der Waals surface area contributed by atoms with Crippen LogP contribution in [0.4, 0.5) is 13.2 Å². The molecular formula is C13H15F3N4O. The first-order valence-corrected chi connectivity index (χ1v) is 6.29. The van der Waals surface area contributed by atoms with Gasteiger partial charge in [-0.2, -0.15) is 13.2 Å². The van der Waals surface area contributed by atoms with E-state index in [4.69, 9.17) is 4.74 Å². The summed E-state index contributed by atoms with van der Waals surface area (Å²) >= 11 is 0. The fourth-order valence-corrected chi connectivity index (χ4v) is 1.72. The molecule has 0 amide bonds. The lowest BCUT2D eigenvalue weighted by atomic mass is 10.2. The molecule has 0 aliphatic carbocycles. The Hall–Kier alpha value is -1.93. The monoisotopic (exact) mass is 300 g/mol. The average molecular weight is 300 g/mol. The highest BCUT2D eigenvalue weighted by molar-refractivity contribution is 5.36. The first kappa shape index (κ1) is 15.5. The molecule has 2 aromatic rings. The van der Waals surface area contributed by atoms with E-state index in [1.807, 2.05) is 0 Å². The zero-order chi connectivity index (χ0) is 15.3. The number of ether oxygens (including phenoxy) is 1. The zero-order valence-electron chi connectivity index (χ0n) is 11.4. The van der Waals surface area contributed by atoms with E-state index in [0.29, 0.717) is 31.1 Å². The van der Waals surface area contributed by atoms with E-state index >= 15 is 0 Å². The van der Waals surface area contributed by atoms with Gasteiger partial charge in [0.1, 0.15) is 0 Å². The van der Waals surface area contributed by atoms with Gasteiger partial charge in [0.25, 0.3) is 0 Å². The molecule has 1 aromatic carbocycles. The largest absolute Gasteiger partial charge is 0.416 e. The van der Waals surface area contributed by atoms with Gasteiger partial charge >= 0.3 is 6.18 Å². The molecule has 0 fully saturated rings. The number of benzene rings is 1. The highest BCUT2D eigenvalue weighted by Crippen LogP contribution is 2.30. The van der Waals surface area contributed by atoms with Crippen LogP contribution in [0.15, 0.2) is 30.5 Å². The van der Waals surface area contributed by atoms with Crippen LogP contribution < -0.4 is 5.32 Å². The summed E-state index contributed by atoms with van der Waals surface area (Å²) in [5.41, 5.74) is 0.249. The van der Waals surface area contributed by atoms with Crippen molar-refractivity contribution in [1.82, 2.24) is 20.3 Å². The first-order chi connectivity index (χ1) is 10.0. The number of aromatic nitrogens is 3. The number of methoxy groups -OCH3 is 1. The van der Waals surface area contributed by atoms with Crippen LogP contribution in [0.25, 0.3) is 5.69 Å². The van der Waals surface area contributed by atoms with Crippen LogP contribution in [0, 0.1) is 0 Å². The molecule has 0 unspecified atom stereocenters. The van der Waals surface area contributed by atoms with E-state index in [-0.39, 0.29) is 0 Å². The molecular weight excluding hydrogens is 285 g/mol. The van der Waals surface area contributed by atoms with Gasteiger partial charge in [0.15, 0.2) is 0 Å². The van der Waals surface area contributed by atoms with Crippen molar-refractivity contribution in [1.29, 1.82) is 0 Å². The molecule has 1 aromatic heterocycles. The third-order valence-corrected chi connectivity index (χ3v) is 2.77. The molecule has 0 aliphatic rings. The summed E-state index contributed by atoms with van der Waals surface area (Å²) in [6.07, 6.45) is -2.78. The molecule has 0 aliphatic heterocycles. The van der Waals surface area contributed by atoms with Gasteiger partial charge < -0.3 is 10.1 Å². The summed E-state index contributed by atoms with van der Waals surface area (Å²) in [4.78, 5) is 0. The lowest BCUT2D eigenvalue weighted by Crippen LogP contribution is -2.18. The van der Waals surface area contributed by atoms with Gasteiger partial charge in [-0.3, -0.25) is 0 Å². The second kappa shape index (κ2) is 6.68. The summed E-state index contributed by atoms with van der Waals surface area (Å²) in [5, 5.41) is 10.8. The standard InChI is InChI=1S/C13H15F3N4O/c1-21-6-5-17-8-11-9-20(19-18-11)12-4-2-3-10(7-12)13(14,15)16/h2-4,7,9,17H,5-6,8H2,1H3. The lowest BCUT2D eigenvalue weighted by Gasteiger charge is -2.08. The smallest absolute Gasteiger partial charge is 0.383 e. The van der Waals surface area contributed by atoms with Gasteiger partial charge in [0, 0.05) is 20.2 Å². The Kier molecular flexibility index (Phi) is 4.92. The van der Waals surface area contributed by atoms with E-state index < -0.39 is 11.7 Å². The SMILES string of the molecule is COCCNCc1cn(-c2cccc(C(F)(F)F)c2)nn1. The van der Waals surface area contributed by atoms with E-state index in [9.17, 15) is 13.2 Å². The van der Waals surface area contributed by atoms with E-state index in [1.54, 1.807) is 19.4 Å². The molecule has 0 saturated carbocycles. The zero-order valence-corrected chi connectivity index (χ0v) is 11.4. The van der Waals surface area contributed by atoms with Crippen LogP contribution >= 0.6 is 0 Å². The number of halogens is 3. The van der Waals surface area contributed by atoms with Gasteiger partial charge in [0.2, 0.25) is 0 Å². The van der Waals surface area contributed by atoms with Crippen molar-refractivity contribution in [2.45, 2.75) is 12.7 Å². The van der Waals surface area contributed by atoms with Crippen molar-refractivity contribution in [3.63, 3.8) is 0 Å². The Balaban J connectivity index is 2.07. The molecule has 21 heavy (non-hydrogen) atoms. The Morgan fingerprint density at radius 1 is 1.33 bits per heavy atom. The van der Waals surface area contributed by atoms with Crippen LogP contribution in [0.1, 0.15) is 11.3 Å². The van der Waals surface area contributed by atoms with Crippen LogP contribution in [-0.2, 0) is 17.5 Å². The average Bonchev–Trinajstić information content (AvgIpc) is 2.92. The minimum absolute atomic E-state index is 0.320. The number of nitrogens with zero attached hydrogens (tertiary/aromatic N) is 3. The summed E-state index contributed by atoms with van der Waals surface area (Å²) < 4.78 is 44.2. The van der Waals surface area contributed by atoms with E-state index in [0.717, 1.165) is 12.1 Å². The topological polar surface area (TPSA) is 52.0 Å². The first-order valence-electron chi connectivity index (χ1n) is 6.29. The molecule has 114 valence electrons. The molecule has 1 N–H and O–H groups in total. The van der Waals surface area contributed by atoms with Crippen molar-refractivity contribution in [3.8, 4) is 5.69 Å². The fourth-order valence-electron chi connectivity index (χ4n) is 1.72. The van der Waals surface area contributed by atoms with Gasteiger partial charge in [-0.05, 0) is 18.2 Å². The number of hydrogen-bond donors (Lipinski definition) is 1. The maximum absolute atomic E-state index is 12.7. The molecule has 0 saturated heterocycles. The summed E-state index contributed by atoms with van der Waals surface area (Å²) in [6, 6.07) is 4.95. The number of rotatable bonds is 6. The molecule has 0 spiro atoms. The van der Waals surface area contributed by atoms with Gasteiger partial charge in [0.05, 0.1) is 29.7 Å². The van der Waals surface area contributed by atoms with Crippen LogP contribution in [0.5, 0.6) is 0 Å². The number of alkyl halides is 3. The van der Waals surface area contributed by atoms with Crippen LogP contribution in [-0.4, -0.2) is 35.3 Å². The maximum Gasteiger partial charge on any atom is 0.416 e. The van der Waals surface area contributed by atoms with E-state index in [1.165, 1.54) is 10.7 Å². The van der Waals surface area contributed by atoms with Crippen molar-refractivity contribution < 1.29 is 17.9 Å². The molecule has 5 nitrogen and oxygen atoms in total. The minimum Gasteiger partial charge on any atom is -0.383 e. The van der Waals surface area contributed by atoms with E-state index in [2.05, 4.69) is 15.6 Å². The Bertz CT molecular complexity index is 583. The Morgan fingerprint density at radius 3 is 2.86 bits per heavy atom. The maximum atomic E-state index is 12.7. The van der Waals surface area contributed by atoms with Crippen molar-refractivity contribution in [2.24, 2.45) is 0 Å². The molecule has 2 rings (SSSR count). The molecule has 8 heteroatoms. The third kappa shape index (κ3) is 4.27. The normalized spacial score (nSPS) is 11.8. The Labute approximate surface area is 119 Å². The lowest BCUT2D eigenvalue weighted by molar-refractivity contribution is -0.137. The fraction of sp³-hybridized carbons (Fsp3) is 0.385. The molecule has 0 atom stereocenters. The quantitative estimate of drug-likeness (QED) is 0.829. The van der Waals surface area contributed by atoms with Crippen molar-refractivity contribution >= 4 is 0 Å². The number of hydrogen-bond acceptors (Lipinski definition) is 4. The molecule has 0 bridgehead atoms.